The molecule has 2 aromatic heterocycles. The van der Waals surface area contributed by atoms with Gasteiger partial charge in [0.2, 0.25) is 0 Å². The average Bonchev–Trinajstić information content (AvgIpc) is 3.32. The van der Waals surface area contributed by atoms with Crippen LogP contribution >= 0.6 is 11.6 Å². The number of aromatic amines is 1. The maximum absolute atomic E-state index is 6.67. The van der Waals surface area contributed by atoms with E-state index in [4.69, 9.17) is 16.6 Å². The Hall–Kier alpha value is -2.30. The molecule has 0 radical (unpaired) electrons. The molecule has 2 aromatic carbocycles. The topological polar surface area (TPSA) is 45.6 Å². The fourth-order valence-electron chi connectivity index (χ4n) is 4.39. The van der Waals surface area contributed by atoms with E-state index >= 15 is 0 Å². The van der Waals surface area contributed by atoms with Crippen LogP contribution < -0.4 is 5.32 Å². The number of para-hydroxylation sites is 2. The highest BCUT2D eigenvalue weighted by Crippen LogP contribution is 2.32. The zero-order valence-corrected chi connectivity index (χ0v) is 16.7. The number of aryl methyl sites for hydroxylation is 1. The van der Waals surface area contributed by atoms with Crippen molar-refractivity contribution in [2.45, 2.75) is 32.2 Å². The van der Waals surface area contributed by atoms with Gasteiger partial charge in [0.25, 0.3) is 0 Å². The van der Waals surface area contributed by atoms with Gasteiger partial charge in [0.1, 0.15) is 5.82 Å². The van der Waals surface area contributed by atoms with Crippen LogP contribution in [0.1, 0.15) is 25.7 Å². The van der Waals surface area contributed by atoms with Gasteiger partial charge in [-0.05, 0) is 75.0 Å². The van der Waals surface area contributed by atoms with Gasteiger partial charge >= 0.3 is 0 Å². The third-order valence-electron chi connectivity index (χ3n) is 5.97. The molecule has 0 bridgehead atoms. The van der Waals surface area contributed by atoms with Crippen molar-refractivity contribution in [3.63, 3.8) is 0 Å². The Kier molecular flexibility index (Phi) is 4.83. The van der Waals surface area contributed by atoms with E-state index in [0.29, 0.717) is 0 Å². The maximum Gasteiger partial charge on any atom is 0.140 e. The van der Waals surface area contributed by atoms with E-state index in [1.54, 1.807) is 0 Å². The molecule has 4 nitrogen and oxygen atoms in total. The Morgan fingerprint density at radius 3 is 2.82 bits per heavy atom. The summed E-state index contributed by atoms with van der Waals surface area (Å²) in [6, 6.07) is 14.5. The van der Waals surface area contributed by atoms with Crippen molar-refractivity contribution in [2.75, 3.05) is 13.1 Å². The van der Waals surface area contributed by atoms with Crippen molar-refractivity contribution >= 4 is 33.5 Å². The van der Waals surface area contributed by atoms with Gasteiger partial charge in [-0.2, -0.15) is 0 Å². The standard InChI is InChI=1S/C23H25ClN4/c24-19-15-22-17(9-13-28(22)12-3-4-16-7-10-25-11-8-16)14-18(19)23-26-20-5-1-2-6-21(20)27-23/h1-2,5-6,9,13-16,25H,3-4,7-8,10-12H2,(H,26,27). The number of imidazole rings is 1. The summed E-state index contributed by atoms with van der Waals surface area (Å²) in [7, 11) is 0. The monoisotopic (exact) mass is 392 g/mol. The Balaban J connectivity index is 1.38. The first-order valence-corrected chi connectivity index (χ1v) is 10.6. The summed E-state index contributed by atoms with van der Waals surface area (Å²) >= 11 is 6.67. The number of piperidine rings is 1. The molecule has 0 unspecified atom stereocenters. The Morgan fingerprint density at radius 1 is 1.11 bits per heavy atom. The molecule has 1 fully saturated rings. The number of aromatic nitrogens is 3. The van der Waals surface area contributed by atoms with E-state index in [-0.39, 0.29) is 0 Å². The zero-order valence-electron chi connectivity index (χ0n) is 15.9. The molecule has 1 saturated heterocycles. The molecule has 0 saturated carbocycles. The number of nitrogens with one attached hydrogen (secondary N) is 2. The molecule has 144 valence electrons. The lowest BCUT2D eigenvalue weighted by atomic mass is 9.93. The molecule has 1 aliphatic heterocycles. The molecule has 5 heteroatoms. The van der Waals surface area contributed by atoms with E-state index in [0.717, 1.165) is 39.9 Å². The normalized spacial score (nSPS) is 15.6. The van der Waals surface area contributed by atoms with Crippen molar-refractivity contribution in [1.29, 1.82) is 0 Å². The first-order valence-electron chi connectivity index (χ1n) is 10.2. The number of H-pyrrole nitrogens is 1. The molecule has 2 N–H and O–H groups in total. The van der Waals surface area contributed by atoms with Crippen LogP contribution in [0.3, 0.4) is 0 Å². The lowest BCUT2D eigenvalue weighted by Gasteiger charge is -2.22. The summed E-state index contributed by atoms with van der Waals surface area (Å²) in [5.41, 5.74) is 4.15. The zero-order chi connectivity index (χ0) is 18.9. The fourth-order valence-corrected chi connectivity index (χ4v) is 4.64. The van der Waals surface area contributed by atoms with Crippen molar-refractivity contribution < 1.29 is 0 Å². The lowest BCUT2D eigenvalue weighted by molar-refractivity contribution is 0.341. The van der Waals surface area contributed by atoms with E-state index in [2.05, 4.69) is 39.3 Å². The fraction of sp³-hybridized carbons (Fsp3) is 0.348. The number of fused-ring (bicyclic) bond motifs is 2. The number of hydrogen-bond donors (Lipinski definition) is 2. The van der Waals surface area contributed by atoms with Gasteiger partial charge in [-0.3, -0.25) is 0 Å². The molecule has 3 heterocycles. The Labute approximate surface area is 169 Å². The van der Waals surface area contributed by atoms with Crippen LogP contribution in [0.2, 0.25) is 5.02 Å². The predicted octanol–water partition coefficient (Wildman–Crippen LogP) is 5.62. The highest BCUT2D eigenvalue weighted by Gasteiger charge is 2.14. The van der Waals surface area contributed by atoms with Crippen LogP contribution in [0.15, 0.2) is 48.7 Å². The summed E-state index contributed by atoms with van der Waals surface area (Å²) in [5.74, 6) is 1.71. The van der Waals surface area contributed by atoms with Crippen LogP contribution in [-0.4, -0.2) is 27.6 Å². The van der Waals surface area contributed by atoms with Crippen LogP contribution in [0, 0.1) is 5.92 Å². The molecule has 5 rings (SSSR count). The predicted molar refractivity (Wildman–Crippen MR) is 117 cm³/mol. The second-order valence-electron chi connectivity index (χ2n) is 7.84. The highest BCUT2D eigenvalue weighted by atomic mass is 35.5. The van der Waals surface area contributed by atoms with Gasteiger partial charge < -0.3 is 14.9 Å². The summed E-state index contributed by atoms with van der Waals surface area (Å²) in [4.78, 5) is 8.09. The smallest absolute Gasteiger partial charge is 0.140 e. The lowest BCUT2D eigenvalue weighted by Crippen LogP contribution is -2.27. The number of benzene rings is 2. The number of hydrogen-bond acceptors (Lipinski definition) is 2. The summed E-state index contributed by atoms with van der Waals surface area (Å²) in [6.45, 7) is 3.41. The van der Waals surface area contributed by atoms with Gasteiger partial charge in [-0.1, -0.05) is 23.7 Å². The van der Waals surface area contributed by atoms with Crippen LogP contribution in [0.5, 0.6) is 0 Å². The summed E-state index contributed by atoms with van der Waals surface area (Å²) in [6.07, 6.45) is 7.35. The van der Waals surface area contributed by atoms with E-state index in [1.807, 2.05) is 24.3 Å². The molecule has 0 atom stereocenters. The van der Waals surface area contributed by atoms with Crippen molar-refractivity contribution in [1.82, 2.24) is 19.9 Å². The molecular weight excluding hydrogens is 368 g/mol. The molecule has 28 heavy (non-hydrogen) atoms. The van der Waals surface area contributed by atoms with Gasteiger partial charge in [0, 0.05) is 29.2 Å². The van der Waals surface area contributed by atoms with Gasteiger partial charge in [-0.25, -0.2) is 4.98 Å². The first-order chi connectivity index (χ1) is 13.8. The van der Waals surface area contributed by atoms with Crippen LogP contribution in [-0.2, 0) is 6.54 Å². The minimum Gasteiger partial charge on any atom is -0.347 e. The quantitative estimate of drug-likeness (QED) is 0.463. The van der Waals surface area contributed by atoms with Gasteiger partial charge in [0.05, 0.1) is 16.1 Å². The molecular formula is C23H25ClN4. The number of rotatable bonds is 5. The van der Waals surface area contributed by atoms with E-state index in [1.165, 1.54) is 49.7 Å². The number of nitrogens with zero attached hydrogens (tertiary/aromatic N) is 2. The molecule has 0 amide bonds. The first kappa shape index (κ1) is 17.8. The Morgan fingerprint density at radius 2 is 1.96 bits per heavy atom. The molecule has 1 aliphatic rings. The largest absolute Gasteiger partial charge is 0.347 e. The third-order valence-corrected chi connectivity index (χ3v) is 6.29. The van der Waals surface area contributed by atoms with E-state index in [9.17, 15) is 0 Å². The van der Waals surface area contributed by atoms with E-state index < -0.39 is 0 Å². The average molecular weight is 393 g/mol. The Bertz CT molecular complexity index is 1070. The minimum atomic E-state index is 0.741. The molecule has 4 aromatic rings. The third kappa shape index (κ3) is 3.43. The van der Waals surface area contributed by atoms with Gasteiger partial charge in [0.15, 0.2) is 0 Å². The van der Waals surface area contributed by atoms with Crippen molar-refractivity contribution in [3.05, 3.63) is 53.7 Å². The maximum atomic E-state index is 6.67. The van der Waals surface area contributed by atoms with Gasteiger partial charge in [-0.15, -0.1) is 0 Å². The number of halogens is 1. The van der Waals surface area contributed by atoms with Crippen molar-refractivity contribution in [3.8, 4) is 11.4 Å². The molecule has 0 aliphatic carbocycles. The second kappa shape index (κ2) is 7.61. The van der Waals surface area contributed by atoms with Crippen LogP contribution in [0.25, 0.3) is 33.3 Å². The molecule has 0 spiro atoms. The van der Waals surface area contributed by atoms with Crippen LogP contribution in [0.4, 0.5) is 0 Å². The summed E-state index contributed by atoms with van der Waals surface area (Å²) < 4.78 is 2.34. The highest BCUT2D eigenvalue weighted by molar-refractivity contribution is 6.34. The minimum absolute atomic E-state index is 0.741. The SMILES string of the molecule is Clc1cc2c(ccn2CCCC2CCNCC2)cc1-c1nc2ccccc2[nH]1. The summed E-state index contributed by atoms with van der Waals surface area (Å²) in [5, 5.41) is 5.40. The van der Waals surface area contributed by atoms with Crippen molar-refractivity contribution in [2.24, 2.45) is 5.92 Å². The second-order valence-corrected chi connectivity index (χ2v) is 8.25.